The van der Waals surface area contributed by atoms with Gasteiger partial charge in [0.15, 0.2) is 0 Å². The van der Waals surface area contributed by atoms with Gasteiger partial charge < -0.3 is 15.8 Å². The van der Waals surface area contributed by atoms with Gasteiger partial charge in [0.05, 0.1) is 0 Å². The van der Waals surface area contributed by atoms with Crippen LogP contribution in [0.2, 0.25) is 0 Å². The monoisotopic (exact) mass is 290 g/mol. The van der Waals surface area contributed by atoms with Gasteiger partial charge in [-0.3, -0.25) is 4.79 Å². The molecule has 0 aliphatic rings. The normalized spacial score (nSPS) is 12.8. The van der Waals surface area contributed by atoms with Gasteiger partial charge in [-0.15, -0.1) is 13.2 Å². The van der Waals surface area contributed by atoms with Gasteiger partial charge in [0, 0.05) is 19.0 Å². The van der Waals surface area contributed by atoms with Crippen molar-refractivity contribution in [2.24, 2.45) is 11.7 Å². The Morgan fingerprint density at radius 3 is 2.45 bits per heavy atom. The molecule has 0 fully saturated rings. The third-order valence-corrected chi connectivity index (χ3v) is 2.67. The van der Waals surface area contributed by atoms with Crippen LogP contribution < -0.4 is 15.8 Å². The zero-order valence-corrected chi connectivity index (χ0v) is 11.0. The SMILES string of the molecule is CC(CN)C(=O)NCCc1ccc(OC(F)(F)F)cc1. The lowest BCUT2D eigenvalue weighted by atomic mass is 10.1. The van der Waals surface area contributed by atoms with Crippen molar-refractivity contribution in [3.05, 3.63) is 29.8 Å². The maximum atomic E-state index is 12.0. The number of amides is 1. The number of ether oxygens (including phenoxy) is 1. The summed E-state index contributed by atoms with van der Waals surface area (Å²) >= 11 is 0. The molecule has 0 aromatic heterocycles. The maximum Gasteiger partial charge on any atom is 0.573 e. The number of nitrogens with one attached hydrogen (secondary N) is 1. The van der Waals surface area contributed by atoms with E-state index in [2.05, 4.69) is 10.1 Å². The number of halogens is 3. The Labute approximate surface area is 115 Å². The zero-order chi connectivity index (χ0) is 15.2. The minimum Gasteiger partial charge on any atom is -0.406 e. The minimum absolute atomic E-state index is 0.135. The molecule has 20 heavy (non-hydrogen) atoms. The zero-order valence-electron chi connectivity index (χ0n) is 11.0. The van der Waals surface area contributed by atoms with Crippen LogP contribution >= 0.6 is 0 Å². The molecule has 0 spiro atoms. The Bertz CT molecular complexity index is 432. The standard InChI is InChI=1S/C13H17F3N2O2/c1-9(8-17)12(19)18-7-6-10-2-4-11(5-3-10)20-13(14,15)16/h2-5,9H,6-8,17H2,1H3,(H,18,19). The first-order valence-electron chi connectivity index (χ1n) is 6.14. The number of benzene rings is 1. The molecule has 1 aromatic rings. The number of rotatable bonds is 6. The Kier molecular flexibility index (Phi) is 5.82. The molecule has 112 valence electrons. The van der Waals surface area contributed by atoms with Gasteiger partial charge in [-0.1, -0.05) is 19.1 Å². The van der Waals surface area contributed by atoms with Crippen molar-refractivity contribution in [1.29, 1.82) is 0 Å². The van der Waals surface area contributed by atoms with Gasteiger partial charge in [0.1, 0.15) is 5.75 Å². The highest BCUT2D eigenvalue weighted by Crippen LogP contribution is 2.22. The Balaban J connectivity index is 2.41. The lowest BCUT2D eigenvalue weighted by Gasteiger charge is -2.11. The summed E-state index contributed by atoms with van der Waals surface area (Å²) in [6.45, 7) is 2.40. The van der Waals surface area contributed by atoms with Crippen LogP contribution in [0.3, 0.4) is 0 Å². The maximum absolute atomic E-state index is 12.0. The van der Waals surface area contributed by atoms with Crippen molar-refractivity contribution in [2.75, 3.05) is 13.1 Å². The fourth-order valence-electron chi connectivity index (χ4n) is 1.47. The first-order valence-corrected chi connectivity index (χ1v) is 6.14. The van der Waals surface area contributed by atoms with E-state index in [-0.39, 0.29) is 24.1 Å². The van der Waals surface area contributed by atoms with E-state index in [0.29, 0.717) is 13.0 Å². The van der Waals surface area contributed by atoms with Crippen molar-refractivity contribution in [1.82, 2.24) is 5.32 Å². The summed E-state index contributed by atoms with van der Waals surface area (Å²) in [5.74, 6) is -0.649. The van der Waals surface area contributed by atoms with Crippen LogP contribution in [0.5, 0.6) is 5.75 Å². The van der Waals surface area contributed by atoms with Crippen LogP contribution in [-0.2, 0) is 11.2 Å². The molecule has 7 heteroatoms. The molecule has 1 atom stereocenters. The predicted molar refractivity (Wildman–Crippen MR) is 68.1 cm³/mol. The van der Waals surface area contributed by atoms with Crippen molar-refractivity contribution in [3.63, 3.8) is 0 Å². The largest absolute Gasteiger partial charge is 0.573 e. The van der Waals surface area contributed by atoms with Gasteiger partial charge in [0.25, 0.3) is 0 Å². The van der Waals surface area contributed by atoms with Crippen LogP contribution in [0.15, 0.2) is 24.3 Å². The van der Waals surface area contributed by atoms with E-state index in [1.807, 2.05) is 0 Å². The summed E-state index contributed by atoms with van der Waals surface area (Å²) < 4.78 is 39.6. The van der Waals surface area contributed by atoms with E-state index in [4.69, 9.17) is 5.73 Å². The molecule has 0 saturated heterocycles. The van der Waals surface area contributed by atoms with Crippen LogP contribution in [0.4, 0.5) is 13.2 Å². The molecule has 1 amide bonds. The van der Waals surface area contributed by atoms with Crippen LogP contribution in [0.1, 0.15) is 12.5 Å². The summed E-state index contributed by atoms with van der Waals surface area (Å²) in [6.07, 6.45) is -4.16. The summed E-state index contributed by atoms with van der Waals surface area (Å²) in [6, 6.07) is 5.54. The summed E-state index contributed by atoms with van der Waals surface area (Å²) in [5.41, 5.74) is 6.16. The van der Waals surface area contributed by atoms with Crippen LogP contribution in [0.25, 0.3) is 0 Å². The molecule has 3 N–H and O–H groups in total. The molecule has 0 radical (unpaired) electrons. The quantitative estimate of drug-likeness (QED) is 0.840. The first-order chi connectivity index (χ1) is 9.31. The molecule has 0 bridgehead atoms. The summed E-state index contributed by atoms with van der Waals surface area (Å²) in [5, 5.41) is 2.70. The second kappa shape index (κ2) is 7.14. The number of hydrogen-bond acceptors (Lipinski definition) is 3. The van der Waals surface area contributed by atoms with Gasteiger partial charge in [-0.25, -0.2) is 0 Å². The number of carbonyl (C=O) groups is 1. The fourth-order valence-corrected chi connectivity index (χ4v) is 1.47. The molecule has 0 aliphatic carbocycles. The lowest BCUT2D eigenvalue weighted by molar-refractivity contribution is -0.274. The van der Waals surface area contributed by atoms with E-state index in [1.165, 1.54) is 24.3 Å². The van der Waals surface area contributed by atoms with Crippen molar-refractivity contribution in [2.45, 2.75) is 19.7 Å². The van der Waals surface area contributed by atoms with Gasteiger partial charge in [-0.2, -0.15) is 0 Å². The van der Waals surface area contributed by atoms with Crippen molar-refractivity contribution in [3.8, 4) is 5.75 Å². The summed E-state index contributed by atoms with van der Waals surface area (Å²) in [4.78, 5) is 11.4. The molecular weight excluding hydrogens is 273 g/mol. The second-order valence-corrected chi connectivity index (χ2v) is 4.37. The summed E-state index contributed by atoms with van der Waals surface area (Å²) in [7, 11) is 0. The molecule has 4 nitrogen and oxygen atoms in total. The second-order valence-electron chi connectivity index (χ2n) is 4.37. The third kappa shape index (κ3) is 5.92. The van der Waals surface area contributed by atoms with Crippen LogP contribution in [-0.4, -0.2) is 25.4 Å². The van der Waals surface area contributed by atoms with Gasteiger partial charge >= 0.3 is 6.36 Å². The number of carbonyl (C=O) groups excluding carboxylic acids is 1. The average molecular weight is 290 g/mol. The lowest BCUT2D eigenvalue weighted by Crippen LogP contribution is -2.34. The molecule has 1 rings (SSSR count). The Morgan fingerprint density at radius 1 is 1.35 bits per heavy atom. The molecule has 0 aliphatic heterocycles. The first kappa shape index (κ1) is 16.3. The number of nitrogens with two attached hydrogens (primary N) is 1. The highest BCUT2D eigenvalue weighted by atomic mass is 19.4. The highest BCUT2D eigenvalue weighted by Gasteiger charge is 2.30. The van der Waals surface area contributed by atoms with E-state index in [1.54, 1.807) is 6.92 Å². The minimum atomic E-state index is -4.69. The van der Waals surface area contributed by atoms with Gasteiger partial charge in [-0.05, 0) is 24.1 Å². The molecule has 1 aromatic carbocycles. The Hall–Kier alpha value is -1.76. The predicted octanol–water partition coefficient (Wildman–Crippen LogP) is 1.84. The molecular formula is C13H17F3N2O2. The molecule has 0 saturated carbocycles. The number of alkyl halides is 3. The Morgan fingerprint density at radius 2 is 1.95 bits per heavy atom. The van der Waals surface area contributed by atoms with Crippen molar-refractivity contribution < 1.29 is 22.7 Å². The number of hydrogen-bond donors (Lipinski definition) is 2. The molecule has 1 unspecified atom stereocenters. The van der Waals surface area contributed by atoms with Gasteiger partial charge in [0.2, 0.25) is 5.91 Å². The van der Waals surface area contributed by atoms with E-state index >= 15 is 0 Å². The smallest absolute Gasteiger partial charge is 0.406 e. The third-order valence-electron chi connectivity index (χ3n) is 2.67. The molecule has 0 heterocycles. The van der Waals surface area contributed by atoms with E-state index in [9.17, 15) is 18.0 Å². The highest BCUT2D eigenvalue weighted by molar-refractivity contribution is 5.78. The average Bonchev–Trinajstić information content (AvgIpc) is 2.38. The topological polar surface area (TPSA) is 64.4 Å². The fraction of sp³-hybridized carbons (Fsp3) is 0.462. The van der Waals surface area contributed by atoms with E-state index in [0.717, 1.165) is 5.56 Å². The van der Waals surface area contributed by atoms with Crippen molar-refractivity contribution >= 4 is 5.91 Å². The van der Waals surface area contributed by atoms with E-state index < -0.39 is 6.36 Å². The van der Waals surface area contributed by atoms with Crippen LogP contribution in [0, 0.1) is 5.92 Å².